The Labute approximate surface area is 329 Å². The first kappa shape index (κ1) is 47.9. The number of rotatable bonds is 30. The molecule has 0 fully saturated rings. The highest BCUT2D eigenvalue weighted by molar-refractivity contribution is 6.04. The van der Waals surface area contributed by atoms with Gasteiger partial charge in [0.25, 0.3) is 0 Å². The second kappa shape index (κ2) is 27.4. The van der Waals surface area contributed by atoms with Gasteiger partial charge in [0.15, 0.2) is 12.1 Å². The maximum atomic E-state index is 6.05. The topological polar surface area (TPSA) is 117 Å². The van der Waals surface area contributed by atoms with Gasteiger partial charge in [0.2, 0.25) is 5.71 Å². The van der Waals surface area contributed by atoms with E-state index in [0.29, 0.717) is 102 Å². The summed E-state index contributed by atoms with van der Waals surface area (Å²) in [6.45, 7) is 14.5. The van der Waals surface area contributed by atoms with Gasteiger partial charge in [0, 0.05) is 58.3 Å². The second-order valence-electron chi connectivity index (χ2n) is 13.2. The summed E-state index contributed by atoms with van der Waals surface area (Å²) in [5, 5.41) is 0. The third-order valence-corrected chi connectivity index (χ3v) is 9.01. The lowest BCUT2D eigenvalue weighted by molar-refractivity contribution is -0.599. The molecule has 314 valence electrons. The molecular formula is C41H69N2O12+. The van der Waals surface area contributed by atoms with Crippen LogP contribution in [-0.2, 0) is 47.4 Å². The Balaban J connectivity index is 2.68. The lowest BCUT2D eigenvalue weighted by atomic mass is 9.98. The first-order chi connectivity index (χ1) is 26.6. The molecule has 0 N–H and O–H groups in total. The van der Waals surface area contributed by atoms with Crippen molar-refractivity contribution >= 4 is 17.5 Å². The fraction of sp³-hybridized carbons (Fsp3) is 0.683. The molecule has 0 aromatic heterocycles. The highest BCUT2D eigenvalue weighted by atomic mass is 16.5. The summed E-state index contributed by atoms with van der Waals surface area (Å²) >= 11 is 0. The average molecular weight is 782 g/mol. The number of hydrogen-bond acceptors (Lipinski definition) is 13. The molecule has 14 heteroatoms. The molecule has 55 heavy (non-hydrogen) atoms. The molecule has 0 amide bonds. The van der Waals surface area contributed by atoms with Gasteiger partial charge in [-0.3, -0.25) is 0 Å². The summed E-state index contributed by atoms with van der Waals surface area (Å²) in [5.41, 5.74) is 3.24. The Kier molecular flexibility index (Phi) is 23.9. The van der Waals surface area contributed by atoms with Gasteiger partial charge in [-0.1, -0.05) is 0 Å². The van der Waals surface area contributed by atoms with E-state index >= 15 is 0 Å². The molecule has 0 radical (unpaired) electrons. The van der Waals surface area contributed by atoms with Gasteiger partial charge < -0.3 is 61.7 Å². The number of methoxy groups -OCH3 is 8. The Hall–Kier alpha value is -3.21. The summed E-state index contributed by atoms with van der Waals surface area (Å²) in [6, 6.07) is 3.96. The Bertz CT molecular complexity index is 1280. The van der Waals surface area contributed by atoms with Crippen molar-refractivity contribution in [3.05, 3.63) is 46.9 Å². The van der Waals surface area contributed by atoms with Crippen LogP contribution < -0.4 is 14.4 Å². The molecule has 1 aliphatic carbocycles. The summed E-state index contributed by atoms with van der Waals surface area (Å²) in [4.78, 5) is 2.26. The second-order valence-corrected chi connectivity index (χ2v) is 13.2. The molecule has 0 heterocycles. The van der Waals surface area contributed by atoms with Gasteiger partial charge in [-0.2, -0.15) is 0 Å². The van der Waals surface area contributed by atoms with Crippen LogP contribution in [0.5, 0.6) is 11.5 Å². The molecule has 1 aromatic carbocycles. The van der Waals surface area contributed by atoms with Crippen molar-refractivity contribution in [2.45, 2.75) is 51.9 Å². The Morgan fingerprint density at radius 3 is 1.25 bits per heavy atom. The van der Waals surface area contributed by atoms with Crippen LogP contribution in [0.4, 0.5) is 5.69 Å². The van der Waals surface area contributed by atoms with Gasteiger partial charge in [0.05, 0.1) is 118 Å². The van der Waals surface area contributed by atoms with Crippen LogP contribution in [-0.4, -0.2) is 171 Å². The van der Waals surface area contributed by atoms with Crippen LogP contribution in [0.2, 0.25) is 0 Å². The zero-order chi connectivity index (χ0) is 40.6. The SMILES string of the molecule is COCCOCC(C)N(c1cc(OC)c(C=C2C(OC)=CC(=[N+](C(C)COCCOC)C(C)COCCOC)C=C2OC)c(OC)c1)C(C)COCCOC. The van der Waals surface area contributed by atoms with E-state index in [1.807, 2.05) is 30.4 Å². The smallest absolute Gasteiger partial charge is 0.208 e. The van der Waals surface area contributed by atoms with E-state index in [0.717, 1.165) is 22.5 Å². The fourth-order valence-electron chi connectivity index (χ4n) is 6.37. The minimum Gasteiger partial charge on any atom is -0.496 e. The number of allylic oxidation sites excluding steroid dienone is 2. The highest BCUT2D eigenvalue weighted by Crippen LogP contribution is 2.40. The number of ether oxygens (including phenoxy) is 12. The summed E-state index contributed by atoms with van der Waals surface area (Å²) in [6.07, 6.45) is 6.00. The molecule has 0 bridgehead atoms. The van der Waals surface area contributed by atoms with E-state index in [9.17, 15) is 0 Å². The predicted molar refractivity (Wildman–Crippen MR) is 214 cm³/mol. The third-order valence-electron chi connectivity index (χ3n) is 9.01. The van der Waals surface area contributed by atoms with Crippen molar-refractivity contribution < 1.29 is 61.4 Å². The molecular weight excluding hydrogens is 712 g/mol. The van der Waals surface area contributed by atoms with Crippen LogP contribution in [0.1, 0.15) is 33.3 Å². The van der Waals surface area contributed by atoms with Gasteiger partial charge in [0.1, 0.15) is 36.2 Å². The molecule has 14 nitrogen and oxygen atoms in total. The van der Waals surface area contributed by atoms with Crippen molar-refractivity contribution in [1.82, 2.24) is 0 Å². The van der Waals surface area contributed by atoms with E-state index in [1.165, 1.54) is 0 Å². The number of anilines is 1. The van der Waals surface area contributed by atoms with Gasteiger partial charge in [-0.25, -0.2) is 4.58 Å². The van der Waals surface area contributed by atoms with E-state index in [4.69, 9.17) is 56.8 Å². The van der Waals surface area contributed by atoms with Crippen molar-refractivity contribution in [1.29, 1.82) is 0 Å². The minimum absolute atomic E-state index is 0.0154. The van der Waals surface area contributed by atoms with Crippen LogP contribution in [0.3, 0.4) is 0 Å². The molecule has 2 rings (SSSR count). The van der Waals surface area contributed by atoms with Crippen molar-refractivity contribution in [3.63, 3.8) is 0 Å². The first-order valence-corrected chi connectivity index (χ1v) is 18.9. The maximum absolute atomic E-state index is 6.05. The summed E-state index contributed by atoms with van der Waals surface area (Å²) < 4.78 is 71.0. The highest BCUT2D eigenvalue weighted by Gasteiger charge is 2.32. The lowest BCUT2D eigenvalue weighted by Gasteiger charge is -2.37. The van der Waals surface area contributed by atoms with Crippen LogP contribution in [0, 0.1) is 0 Å². The largest absolute Gasteiger partial charge is 0.496 e. The molecule has 0 saturated heterocycles. The molecule has 0 spiro atoms. The van der Waals surface area contributed by atoms with Crippen LogP contribution >= 0.6 is 0 Å². The zero-order valence-corrected chi connectivity index (χ0v) is 35.5. The van der Waals surface area contributed by atoms with Crippen LogP contribution in [0.25, 0.3) is 6.08 Å². The first-order valence-electron chi connectivity index (χ1n) is 18.9. The van der Waals surface area contributed by atoms with E-state index < -0.39 is 0 Å². The predicted octanol–water partition coefficient (Wildman–Crippen LogP) is 4.63. The summed E-state index contributed by atoms with van der Waals surface area (Å²) in [5.74, 6) is 2.44. The van der Waals surface area contributed by atoms with Crippen molar-refractivity contribution in [3.8, 4) is 11.5 Å². The quantitative estimate of drug-likeness (QED) is 0.0799. The standard InChI is InChI=1S/C41H69N2O12/c1-30(26-52-17-13-44-5)42(31(2)27-53-18-14-45-6)34-21-38(48-9)36(39(22-34)49-10)25-37-40(50-11)23-35(24-41(37)51-12)43(32(3)28-54-19-15-46-7)33(4)29-55-20-16-47-8/h21-25,30-33H,13-20,26-29H2,1-12H3/q+1. The van der Waals surface area contributed by atoms with Gasteiger partial charge >= 0.3 is 0 Å². The summed E-state index contributed by atoms with van der Waals surface area (Å²) in [7, 11) is 13.2. The Morgan fingerprint density at radius 2 is 0.909 bits per heavy atom. The molecule has 0 saturated carbocycles. The van der Waals surface area contributed by atoms with Gasteiger partial charge in [-0.05, 0) is 33.8 Å². The lowest BCUT2D eigenvalue weighted by Crippen LogP contribution is -2.45. The van der Waals surface area contributed by atoms with E-state index in [2.05, 4.69) is 37.2 Å². The molecule has 1 aliphatic rings. The fourth-order valence-corrected chi connectivity index (χ4v) is 6.37. The van der Waals surface area contributed by atoms with Crippen molar-refractivity contribution in [2.24, 2.45) is 0 Å². The maximum Gasteiger partial charge on any atom is 0.208 e. The third kappa shape index (κ3) is 15.3. The Morgan fingerprint density at radius 1 is 0.527 bits per heavy atom. The average Bonchev–Trinajstić information content (AvgIpc) is 3.19. The van der Waals surface area contributed by atoms with Crippen molar-refractivity contribution in [2.75, 3.05) is 141 Å². The van der Waals surface area contributed by atoms with E-state index in [1.54, 1.807) is 56.9 Å². The van der Waals surface area contributed by atoms with E-state index in [-0.39, 0.29) is 24.2 Å². The number of benzene rings is 1. The minimum atomic E-state index is -0.0154. The normalized spacial score (nSPS) is 15.1. The zero-order valence-electron chi connectivity index (χ0n) is 35.5. The van der Waals surface area contributed by atoms with Gasteiger partial charge in [-0.15, -0.1) is 0 Å². The van der Waals surface area contributed by atoms with Crippen LogP contribution in [0.15, 0.2) is 41.4 Å². The number of hydrogen-bond donors (Lipinski definition) is 0. The molecule has 1 aromatic rings. The molecule has 4 atom stereocenters. The molecule has 4 unspecified atom stereocenters. The monoisotopic (exact) mass is 781 g/mol. The molecule has 0 aliphatic heterocycles. The number of nitrogens with zero attached hydrogens (tertiary/aromatic N) is 2.